The largest absolute Gasteiger partial charge is 0.465 e. The van der Waals surface area contributed by atoms with Crippen molar-refractivity contribution in [2.75, 3.05) is 13.2 Å². The molecule has 14 heavy (non-hydrogen) atoms. The summed E-state index contributed by atoms with van der Waals surface area (Å²) in [5.74, 6) is -0.131. The molecule has 84 valence electrons. The van der Waals surface area contributed by atoms with E-state index in [1.165, 1.54) is 32.1 Å². The summed E-state index contributed by atoms with van der Waals surface area (Å²) in [5, 5.41) is 3.23. The number of halogens is 1. The van der Waals surface area contributed by atoms with E-state index in [1.807, 2.05) is 6.92 Å². The molecule has 0 aliphatic heterocycles. The molecule has 0 atom stereocenters. The second kappa shape index (κ2) is 8.06. The molecule has 0 spiro atoms. The van der Waals surface area contributed by atoms with Crippen molar-refractivity contribution in [1.29, 1.82) is 0 Å². The van der Waals surface area contributed by atoms with Crippen molar-refractivity contribution in [3.05, 3.63) is 0 Å². The average Bonchev–Trinajstić information content (AvgIpc) is 2.17. The number of carbonyl (C=O) groups excluding carboxylic acids is 1. The molecule has 0 radical (unpaired) electrons. The molecule has 1 fully saturated rings. The fraction of sp³-hybridized carbons (Fsp3) is 0.900. The SMILES string of the molecule is CCOC(=O)CNC1CCCCC1.Cl. The lowest BCUT2D eigenvalue weighted by Gasteiger charge is -2.22. The van der Waals surface area contributed by atoms with Gasteiger partial charge < -0.3 is 10.1 Å². The monoisotopic (exact) mass is 221 g/mol. The molecule has 0 aromatic heterocycles. The molecule has 0 aromatic carbocycles. The van der Waals surface area contributed by atoms with Gasteiger partial charge in [-0.1, -0.05) is 19.3 Å². The van der Waals surface area contributed by atoms with Gasteiger partial charge in [-0.2, -0.15) is 0 Å². The van der Waals surface area contributed by atoms with Gasteiger partial charge in [-0.15, -0.1) is 12.4 Å². The number of carbonyl (C=O) groups is 1. The zero-order chi connectivity index (χ0) is 9.52. The van der Waals surface area contributed by atoms with Gasteiger partial charge in [0.05, 0.1) is 13.2 Å². The molecule has 3 nitrogen and oxygen atoms in total. The zero-order valence-corrected chi connectivity index (χ0v) is 9.57. The maximum absolute atomic E-state index is 11.0. The first-order chi connectivity index (χ1) is 6.33. The lowest BCUT2D eigenvalue weighted by Crippen LogP contribution is -2.35. The Morgan fingerprint density at radius 2 is 2.00 bits per heavy atom. The lowest BCUT2D eigenvalue weighted by molar-refractivity contribution is -0.142. The molecular formula is C10H20ClNO2. The third-order valence-electron chi connectivity index (χ3n) is 2.45. The summed E-state index contributed by atoms with van der Waals surface area (Å²) in [4.78, 5) is 11.0. The summed E-state index contributed by atoms with van der Waals surface area (Å²) in [6.07, 6.45) is 6.34. The highest BCUT2D eigenvalue weighted by atomic mass is 35.5. The molecule has 0 amide bonds. The Labute approximate surface area is 92.0 Å². The summed E-state index contributed by atoms with van der Waals surface area (Å²) in [7, 11) is 0. The summed E-state index contributed by atoms with van der Waals surface area (Å²) >= 11 is 0. The number of hydrogen-bond acceptors (Lipinski definition) is 3. The quantitative estimate of drug-likeness (QED) is 0.737. The van der Waals surface area contributed by atoms with Crippen LogP contribution in [-0.4, -0.2) is 25.2 Å². The van der Waals surface area contributed by atoms with Crippen molar-refractivity contribution in [2.24, 2.45) is 0 Å². The minimum Gasteiger partial charge on any atom is -0.465 e. The first-order valence-corrected chi connectivity index (χ1v) is 5.22. The highest BCUT2D eigenvalue weighted by Gasteiger charge is 2.13. The first-order valence-electron chi connectivity index (χ1n) is 5.22. The highest BCUT2D eigenvalue weighted by Crippen LogP contribution is 2.16. The van der Waals surface area contributed by atoms with Gasteiger partial charge in [0.1, 0.15) is 0 Å². The summed E-state index contributed by atoms with van der Waals surface area (Å²) in [5.41, 5.74) is 0. The Kier molecular flexibility index (Phi) is 7.90. The number of esters is 1. The van der Waals surface area contributed by atoms with Gasteiger partial charge in [-0.3, -0.25) is 4.79 Å². The van der Waals surface area contributed by atoms with Crippen LogP contribution in [0, 0.1) is 0 Å². The van der Waals surface area contributed by atoms with Gasteiger partial charge in [0.25, 0.3) is 0 Å². The van der Waals surface area contributed by atoms with E-state index in [2.05, 4.69) is 5.32 Å². The minimum atomic E-state index is -0.131. The molecule has 1 saturated carbocycles. The van der Waals surface area contributed by atoms with Crippen molar-refractivity contribution in [3.63, 3.8) is 0 Å². The van der Waals surface area contributed by atoms with E-state index in [9.17, 15) is 4.79 Å². The van der Waals surface area contributed by atoms with Gasteiger partial charge in [-0.05, 0) is 19.8 Å². The highest BCUT2D eigenvalue weighted by molar-refractivity contribution is 5.85. The van der Waals surface area contributed by atoms with Crippen molar-refractivity contribution >= 4 is 18.4 Å². The fourth-order valence-electron chi connectivity index (χ4n) is 1.75. The molecule has 0 bridgehead atoms. The van der Waals surface area contributed by atoms with Crippen molar-refractivity contribution < 1.29 is 9.53 Å². The van der Waals surface area contributed by atoms with E-state index >= 15 is 0 Å². The predicted octanol–water partition coefficient (Wildman–Crippen LogP) is 1.89. The predicted molar refractivity (Wildman–Crippen MR) is 58.8 cm³/mol. The van der Waals surface area contributed by atoms with Crippen LogP contribution in [0.5, 0.6) is 0 Å². The second-order valence-electron chi connectivity index (χ2n) is 3.52. The minimum absolute atomic E-state index is 0. The van der Waals surface area contributed by atoms with Gasteiger partial charge in [0, 0.05) is 6.04 Å². The zero-order valence-electron chi connectivity index (χ0n) is 8.75. The van der Waals surface area contributed by atoms with Crippen LogP contribution in [0.3, 0.4) is 0 Å². The number of ether oxygens (including phenoxy) is 1. The Hall–Kier alpha value is -0.280. The van der Waals surface area contributed by atoms with Crippen LogP contribution in [0.25, 0.3) is 0 Å². The number of nitrogens with one attached hydrogen (secondary N) is 1. The van der Waals surface area contributed by atoms with Gasteiger partial charge in [0.2, 0.25) is 0 Å². The van der Waals surface area contributed by atoms with Gasteiger partial charge in [-0.25, -0.2) is 0 Å². The summed E-state index contributed by atoms with van der Waals surface area (Å²) in [6.45, 7) is 2.68. The second-order valence-corrected chi connectivity index (χ2v) is 3.52. The standard InChI is InChI=1S/C10H19NO2.ClH/c1-2-13-10(12)8-11-9-6-4-3-5-7-9;/h9,11H,2-8H2,1H3;1H. The molecule has 0 saturated heterocycles. The van der Waals surface area contributed by atoms with Crippen LogP contribution < -0.4 is 5.32 Å². The molecule has 4 heteroatoms. The molecule has 0 aromatic rings. The topological polar surface area (TPSA) is 38.3 Å². The third kappa shape index (κ3) is 5.45. The fourth-order valence-corrected chi connectivity index (χ4v) is 1.75. The van der Waals surface area contributed by atoms with Crippen molar-refractivity contribution in [2.45, 2.75) is 45.1 Å². The summed E-state index contributed by atoms with van der Waals surface area (Å²) in [6, 6.07) is 0.540. The van der Waals surface area contributed by atoms with E-state index < -0.39 is 0 Å². The van der Waals surface area contributed by atoms with Crippen LogP contribution in [0.4, 0.5) is 0 Å². The first kappa shape index (κ1) is 13.7. The molecular weight excluding hydrogens is 202 g/mol. The van der Waals surface area contributed by atoms with Crippen LogP contribution in [-0.2, 0) is 9.53 Å². The van der Waals surface area contributed by atoms with Crippen LogP contribution >= 0.6 is 12.4 Å². The lowest BCUT2D eigenvalue weighted by atomic mass is 9.96. The van der Waals surface area contributed by atoms with E-state index in [0.717, 1.165) is 0 Å². The number of rotatable bonds is 4. The Balaban J connectivity index is 0.00000169. The Morgan fingerprint density at radius 1 is 1.36 bits per heavy atom. The van der Waals surface area contributed by atoms with Crippen molar-refractivity contribution in [3.8, 4) is 0 Å². The third-order valence-corrected chi connectivity index (χ3v) is 2.45. The maximum atomic E-state index is 11.0. The number of hydrogen-bond donors (Lipinski definition) is 1. The van der Waals surface area contributed by atoms with E-state index in [1.54, 1.807) is 0 Å². The van der Waals surface area contributed by atoms with Crippen LogP contribution in [0.2, 0.25) is 0 Å². The summed E-state index contributed by atoms with van der Waals surface area (Å²) < 4.78 is 4.83. The molecule has 1 aliphatic carbocycles. The van der Waals surface area contributed by atoms with E-state index in [4.69, 9.17) is 4.74 Å². The molecule has 1 aliphatic rings. The van der Waals surface area contributed by atoms with Gasteiger partial charge >= 0.3 is 5.97 Å². The molecule has 1 rings (SSSR count). The normalized spacial score (nSPS) is 17.2. The maximum Gasteiger partial charge on any atom is 0.319 e. The average molecular weight is 222 g/mol. The molecule has 0 unspecified atom stereocenters. The molecule has 1 N–H and O–H groups in total. The Morgan fingerprint density at radius 3 is 2.57 bits per heavy atom. The smallest absolute Gasteiger partial charge is 0.319 e. The van der Waals surface area contributed by atoms with E-state index in [0.29, 0.717) is 19.2 Å². The van der Waals surface area contributed by atoms with Crippen molar-refractivity contribution in [1.82, 2.24) is 5.32 Å². The van der Waals surface area contributed by atoms with Gasteiger partial charge in [0.15, 0.2) is 0 Å². The Bertz CT molecular complexity index is 158. The van der Waals surface area contributed by atoms with Crippen LogP contribution in [0.1, 0.15) is 39.0 Å². The van der Waals surface area contributed by atoms with Crippen LogP contribution in [0.15, 0.2) is 0 Å². The molecule has 0 heterocycles. The van der Waals surface area contributed by atoms with E-state index in [-0.39, 0.29) is 18.4 Å².